The predicted molar refractivity (Wildman–Crippen MR) is 66.8 cm³/mol. The van der Waals surface area contributed by atoms with Crippen LogP contribution in [0.15, 0.2) is 36.4 Å². The molecule has 0 radical (unpaired) electrons. The molecular formula is C14H9ClF2O. The van der Waals surface area contributed by atoms with Gasteiger partial charge in [-0.1, -0.05) is 17.7 Å². The van der Waals surface area contributed by atoms with Crippen molar-refractivity contribution < 1.29 is 13.6 Å². The molecule has 2 aromatic rings. The van der Waals surface area contributed by atoms with Gasteiger partial charge in [0, 0.05) is 16.1 Å². The van der Waals surface area contributed by atoms with Crippen LogP contribution in [0.25, 0.3) is 11.1 Å². The van der Waals surface area contributed by atoms with E-state index in [4.69, 9.17) is 11.6 Å². The van der Waals surface area contributed by atoms with Crippen LogP contribution < -0.4 is 0 Å². The normalized spacial score (nSPS) is 10.4. The van der Waals surface area contributed by atoms with E-state index in [9.17, 15) is 13.6 Å². The fourth-order valence-electron chi connectivity index (χ4n) is 1.75. The lowest BCUT2D eigenvalue weighted by Crippen LogP contribution is -1.98. The highest BCUT2D eigenvalue weighted by Crippen LogP contribution is 2.29. The molecule has 2 aromatic carbocycles. The first-order valence-corrected chi connectivity index (χ1v) is 5.63. The van der Waals surface area contributed by atoms with E-state index in [2.05, 4.69) is 0 Å². The van der Waals surface area contributed by atoms with Gasteiger partial charge < -0.3 is 0 Å². The average Bonchev–Trinajstić information content (AvgIpc) is 2.29. The molecule has 0 saturated heterocycles. The fourth-order valence-corrected chi connectivity index (χ4v) is 1.91. The Morgan fingerprint density at radius 2 is 1.72 bits per heavy atom. The Kier molecular flexibility index (Phi) is 3.43. The zero-order valence-corrected chi connectivity index (χ0v) is 10.3. The third-order valence-corrected chi connectivity index (χ3v) is 2.82. The molecule has 0 saturated carbocycles. The number of ketones is 1. The van der Waals surface area contributed by atoms with Gasteiger partial charge >= 0.3 is 0 Å². The Morgan fingerprint density at radius 3 is 2.33 bits per heavy atom. The molecule has 4 heteroatoms. The van der Waals surface area contributed by atoms with Crippen LogP contribution in [0.3, 0.4) is 0 Å². The van der Waals surface area contributed by atoms with E-state index < -0.39 is 11.6 Å². The lowest BCUT2D eigenvalue weighted by atomic mass is 9.97. The second kappa shape index (κ2) is 4.86. The van der Waals surface area contributed by atoms with Crippen molar-refractivity contribution in [1.82, 2.24) is 0 Å². The summed E-state index contributed by atoms with van der Waals surface area (Å²) in [5, 5.41) is 0.266. The Labute approximate surface area is 108 Å². The summed E-state index contributed by atoms with van der Waals surface area (Å²) in [4.78, 5) is 11.5. The smallest absolute Gasteiger partial charge is 0.160 e. The summed E-state index contributed by atoms with van der Waals surface area (Å²) in [6.45, 7) is 1.31. The second-order valence-electron chi connectivity index (χ2n) is 3.87. The lowest BCUT2D eigenvalue weighted by molar-refractivity contribution is 0.101. The summed E-state index contributed by atoms with van der Waals surface area (Å²) >= 11 is 5.67. The van der Waals surface area contributed by atoms with Gasteiger partial charge in [-0.2, -0.15) is 0 Å². The highest BCUT2D eigenvalue weighted by Gasteiger charge is 2.14. The van der Waals surface area contributed by atoms with Gasteiger partial charge in [0.05, 0.1) is 0 Å². The zero-order valence-electron chi connectivity index (χ0n) is 9.51. The fraction of sp³-hybridized carbons (Fsp3) is 0.0714. The molecule has 92 valence electrons. The van der Waals surface area contributed by atoms with Crippen LogP contribution in [0.2, 0.25) is 5.02 Å². The van der Waals surface area contributed by atoms with E-state index in [1.54, 1.807) is 0 Å². The number of hydrogen-bond acceptors (Lipinski definition) is 1. The first-order chi connectivity index (χ1) is 8.49. The van der Waals surface area contributed by atoms with Crippen LogP contribution in [0, 0.1) is 11.6 Å². The Bertz CT molecular complexity index is 623. The van der Waals surface area contributed by atoms with E-state index in [0.717, 1.165) is 12.1 Å². The molecule has 1 nitrogen and oxygen atoms in total. The number of carbonyl (C=O) groups excluding carboxylic acids is 1. The van der Waals surface area contributed by atoms with Crippen molar-refractivity contribution in [2.45, 2.75) is 6.92 Å². The van der Waals surface area contributed by atoms with Crippen LogP contribution in [-0.4, -0.2) is 5.78 Å². The standard InChI is InChI=1S/C14H9ClF2O/c1-8(18)13-7-10(16)3-5-11(13)12-4-2-9(15)6-14(12)17/h2-7H,1H3. The maximum absolute atomic E-state index is 13.8. The Balaban J connectivity index is 2.67. The highest BCUT2D eigenvalue weighted by atomic mass is 35.5. The van der Waals surface area contributed by atoms with Crippen LogP contribution in [0.4, 0.5) is 8.78 Å². The van der Waals surface area contributed by atoms with Crippen molar-refractivity contribution >= 4 is 17.4 Å². The van der Waals surface area contributed by atoms with Crippen molar-refractivity contribution in [2.75, 3.05) is 0 Å². The van der Waals surface area contributed by atoms with Gasteiger partial charge in [-0.25, -0.2) is 8.78 Å². The molecule has 0 aliphatic heterocycles. The summed E-state index contributed by atoms with van der Waals surface area (Å²) in [5.41, 5.74) is 0.735. The monoisotopic (exact) mass is 266 g/mol. The minimum atomic E-state index is -0.545. The van der Waals surface area contributed by atoms with Crippen LogP contribution in [0.1, 0.15) is 17.3 Å². The van der Waals surface area contributed by atoms with E-state index in [-0.39, 0.29) is 21.9 Å². The second-order valence-corrected chi connectivity index (χ2v) is 4.31. The molecule has 2 rings (SSSR count). The number of benzene rings is 2. The summed E-state index contributed by atoms with van der Waals surface area (Å²) in [6, 6.07) is 7.83. The van der Waals surface area contributed by atoms with Crippen molar-refractivity contribution in [3.05, 3.63) is 58.6 Å². The number of rotatable bonds is 2. The van der Waals surface area contributed by atoms with Gasteiger partial charge in [-0.05, 0) is 42.8 Å². The maximum atomic E-state index is 13.8. The number of halogens is 3. The van der Waals surface area contributed by atoms with Crippen LogP contribution in [-0.2, 0) is 0 Å². The molecule has 0 atom stereocenters. The first kappa shape index (κ1) is 12.7. The van der Waals surface area contributed by atoms with Gasteiger partial charge in [-0.3, -0.25) is 4.79 Å². The van der Waals surface area contributed by atoms with Crippen molar-refractivity contribution in [1.29, 1.82) is 0 Å². The SMILES string of the molecule is CC(=O)c1cc(F)ccc1-c1ccc(Cl)cc1F. The average molecular weight is 267 g/mol. The van der Waals surface area contributed by atoms with E-state index in [0.29, 0.717) is 5.56 Å². The molecule has 0 unspecified atom stereocenters. The minimum absolute atomic E-state index is 0.149. The van der Waals surface area contributed by atoms with Gasteiger partial charge in [0.1, 0.15) is 11.6 Å². The van der Waals surface area contributed by atoms with Gasteiger partial charge in [0.2, 0.25) is 0 Å². The molecule has 0 aromatic heterocycles. The van der Waals surface area contributed by atoms with E-state index in [1.807, 2.05) is 0 Å². The van der Waals surface area contributed by atoms with Gasteiger partial charge in [0.25, 0.3) is 0 Å². The number of hydrogen-bond donors (Lipinski definition) is 0. The molecule has 0 amide bonds. The van der Waals surface area contributed by atoms with Crippen molar-refractivity contribution in [2.24, 2.45) is 0 Å². The molecule has 0 bridgehead atoms. The molecule has 0 aliphatic rings. The van der Waals surface area contributed by atoms with Crippen molar-refractivity contribution in [3.63, 3.8) is 0 Å². The summed E-state index contributed by atoms with van der Waals surface area (Å²) < 4.78 is 26.9. The quantitative estimate of drug-likeness (QED) is 0.732. The summed E-state index contributed by atoms with van der Waals surface area (Å²) in [7, 11) is 0. The third kappa shape index (κ3) is 2.41. The van der Waals surface area contributed by atoms with E-state index in [1.165, 1.54) is 31.2 Å². The summed E-state index contributed by atoms with van der Waals surface area (Å²) in [5.74, 6) is -1.39. The van der Waals surface area contributed by atoms with Gasteiger partial charge in [-0.15, -0.1) is 0 Å². The van der Waals surface area contributed by atoms with Gasteiger partial charge in [0.15, 0.2) is 5.78 Å². The van der Waals surface area contributed by atoms with Crippen LogP contribution in [0.5, 0.6) is 0 Å². The Morgan fingerprint density at radius 1 is 1.06 bits per heavy atom. The topological polar surface area (TPSA) is 17.1 Å². The highest BCUT2D eigenvalue weighted by molar-refractivity contribution is 6.30. The molecule has 0 N–H and O–H groups in total. The molecule has 0 heterocycles. The number of carbonyl (C=O) groups is 1. The van der Waals surface area contributed by atoms with E-state index >= 15 is 0 Å². The zero-order chi connectivity index (χ0) is 13.3. The summed E-state index contributed by atoms with van der Waals surface area (Å²) in [6.07, 6.45) is 0. The van der Waals surface area contributed by atoms with Crippen molar-refractivity contribution in [3.8, 4) is 11.1 Å². The third-order valence-electron chi connectivity index (χ3n) is 2.58. The Hall–Kier alpha value is -1.74. The number of Topliss-reactive ketones (excluding diaryl/α,β-unsaturated/α-hetero) is 1. The molecule has 0 spiro atoms. The predicted octanol–water partition coefficient (Wildman–Crippen LogP) is 4.49. The minimum Gasteiger partial charge on any atom is -0.294 e. The molecular weight excluding hydrogens is 258 g/mol. The molecule has 18 heavy (non-hydrogen) atoms. The maximum Gasteiger partial charge on any atom is 0.160 e. The van der Waals surface area contributed by atoms with Crippen LogP contribution >= 0.6 is 11.6 Å². The lowest BCUT2D eigenvalue weighted by Gasteiger charge is -2.08. The molecule has 0 fully saturated rings. The first-order valence-electron chi connectivity index (χ1n) is 5.25. The largest absolute Gasteiger partial charge is 0.294 e. The molecule has 0 aliphatic carbocycles.